The number of nitrogens with zero attached hydrogens (tertiary/aromatic N) is 3. The summed E-state index contributed by atoms with van der Waals surface area (Å²) in [5.41, 5.74) is 2.91. The first-order chi connectivity index (χ1) is 15.2. The average molecular weight is 531 g/mol. The molecule has 6 nitrogen and oxygen atoms in total. The molecule has 1 amide bonds. The van der Waals surface area contributed by atoms with Crippen LogP contribution in [0.2, 0.25) is 0 Å². The summed E-state index contributed by atoms with van der Waals surface area (Å²) in [6, 6.07) is 10.1. The fourth-order valence-corrected chi connectivity index (χ4v) is 6.03. The van der Waals surface area contributed by atoms with Crippen molar-refractivity contribution in [2.45, 2.75) is 45.2 Å². The Kier molecular flexibility index (Phi) is 6.75. The molecule has 0 aliphatic heterocycles. The lowest BCUT2D eigenvalue weighted by atomic mass is 9.72. The fourth-order valence-electron chi connectivity index (χ4n) is 3.87. The van der Waals surface area contributed by atoms with Crippen LogP contribution in [-0.2, 0) is 17.6 Å². The van der Waals surface area contributed by atoms with Gasteiger partial charge in [-0.2, -0.15) is 5.26 Å². The van der Waals surface area contributed by atoms with Crippen LogP contribution >= 0.6 is 39.0 Å². The monoisotopic (exact) mass is 529 g/mol. The molecule has 0 saturated heterocycles. The van der Waals surface area contributed by atoms with Crippen molar-refractivity contribution in [3.05, 3.63) is 44.7 Å². The van der Waals surface area contributed by atoms with Crippen molar-refractivity contribution in [2.75, 3.05) is 11.1 Å². The van der Waals surface area contributed by atoms with Crippen LogP contribution < -0.4 is 5.32 Å². The molecule has 3 aromatic rings. The molecular formula is C23H24BrN5OS2. The number of aromatic nitrogens is 3. The number of hydrogen-bond acceptors (Lipinski definition) is 6. The van der Waals surface area contributed by atoms with E-state index >= 15 is 0 Å². The van der Waals surface area contributed by atoms with Crippen LogP contribution in [-0.4, -0.2) is 26.8 Å². The molecule has 166 valence electrons. The molecule has 1 aliphatic rings. The molecule has 4 rings (SSSR count). The highest BCUT2D eigenvalue weighted by Gasteiger charge is 2.32. The zero-order valence-corrected chi connectivity index (χ0v) is 21.4. The summed E-state index contributed by atoms with van der Waals surface area (Å²) in [5, 5.41) is 21.0. The predicted octanol–water partition coefficient (Wildman–Crippen LogP) is 6.05. The Morgan fingerprint density at radius 1 is 1.38 bits per heavy atom. The number of carbonyl (C=O) groups is 1. The summed E-state index contributed by atoms with van der Waals surface area (Å²) in [6.45, 7) is 6.81. The van der Waals surface area contributed by atoms with E-state index in [-0.39, 0.29) is 17.1 Å². The molecule has 2 aromatic heterocycles. The Bertz CT molecular complexity index is 1170. The van der Waals surface area contributed by atoms with Crippen molar-refractivity contribution in [1.82, 2.24) is 15.2 Å². The zero-order valence-electron chi connectivity index (χ0n) is 18.2. The molecule has 0 unspecified atom stereocenters. The van der Waals surface area contributed by atoms with Gasteiger partial charge in [0.05, 0.1) is 11.3 Å². The van der Waals surface area contributed by atoms with Gasteiger partial charge in [0.1, 0.15) is 11.1 Å². The Morgan fingerprint density at radius 3 is 2.81 bits per heavy atom. The summed E-state index contributed by atoms with van der Waals surface area (Å²) in [4.78, 5) is 18.3. The summed E-state index contributed by atoms with van der Waals surface area (Å²) in [7, 11) is 0. The van der Waals surface area contributed by atoms with E-state index in [1.54, 1.807) is 11.3 Å². The van der Waals surface area contributed by atoms with E-state index in [1.165, 1.54) is 16.6 Å². The number of hydrogen-bond donors (Lipinski definition) is 2. The molecule has 0 bridgehead atoms. The Hall–Kier alpha value is -2.15. The Labute approximate surface area is 204 Å². The number of amides is 1. The second kappa shape index (κ2) is 9.38. The quantitative estimate of drug-likeness (QED) is 0.392. The number of H-pyrrole nitrogens is 1. The molecule has 0 fully saturated rings. The molecule has 1 atom stereocenters. The van der Waals surface area contributed by atoms with E-state index in [0.717, 1.165) is 34.9 Å². The second-order valence-corrected chi connectivity index (χ2v) is 11.9. The highest BCUT2D eigenvalue weighted by Crippen LogP contribution is 2.44. The minimum Gasteiger partial charge on any atom is -0.316 e. The van der Waals surface area contributed by atoms with Gasteiger partial charge in [0.2, 0.25) is 11.1 Å². The van der Waals surface area contributed by atoms with Crippen LogP contribution in [0.5, 0.6) is 0 Å². The minimum absolute atomic E-state index is 0.160. The van der Waals surface area contributed by atoms with Crippen molar-refractivity contribution in [3.63, 3.8) is 0 Å². The van der Waals surface area contributed by atoms with E-state index < -0.39 is 0 Å². The predicted molar refractivity (Wildman–Crippen MR) is 133 cm³/mol. The number of rotatable bonds is 5. The Balaban J connectivity index is 1.39. The van der Waals surface area contributed by atoms with Gasteiger partial charge in [0.15, 0.2) is 5.82 Å². The maximum Gasteiger partial charge on any atom is 0.235 e. The van der Waals surface area contributed by atoms with Crippen LogP contribution in [0.3, 0.4) is 0 Å². The largest absolute Gasteiger partial charge is 0.316 e. The number of thioether (sulfide) groups is 1. The number of fused-ring (bicyclic) bond motifs is 1. The maximum absolute atomic E-state index is 12.6. The van der Waals surface area contributed by atoms with Crippen molar-refractivity contribution >= 4 is 49.9 Å². The Morgan fingerprint density at radius 2 is 2.12 bits per heavy atom. The smallest absolute Gasteiger partial charge is 0.235 e. The summed E-state index contributed by atoms with van der Waals surface area (Å²) >= 11 is 6.24. The SMILES string of the molecule is CC(C)(C)[C@H]1CCc2c(sc(NC(=O)CSc3n[nH]c(-c4ccc(Br)cc4)n3)c2C#N)C1. The molecule has 9 heteroatoms. The maximum atomic E-state index is 12.6. The highest BCUT2D eigenvalue weighted by molar-refractivity contribution is 9.10. The molecule has 0 spiro atoms. The molecule has 0 saturated carbocycles. The van der Waals surface area contributed by atoms with E-state index in [0.29, 0.717) is 27.5 Å². The lowest BCUT2D eigenvalue weighted by Gasteiger charge is -2.33. The van der Waals surface area contributed by atoms with E-state index in [1.807, 2.05) is 24.3 Å². The lowest BCUT2D eigenvalue weighted by molar-refractivity contribution is -0.113. The summed E-state index contributed by atoms with van der Waals surface area (Å²) in [5.74, 6) is 1.26. The van der Waals surface area contributed by atoms with E-state index in [9.17, 15) is 10.1 Å². The van der Waals surface area contributed by atoms with Crippen molar-refractivity contribution in [2.24, 2.45) is 11.3 Å². The van der Waals surface area contributed by atoms with Gasteiger partial charge < -0.3 is 5.32 Å². The van der Waals surface area contributed by atoms with Gasteiger partial charge in [-0.3, -0.25) is 9.89 Å². The van der Waals surface area contributed by atoms with Crippen LogP contribution in [0, 0.1) is 22.7 Å². The third kappa shape index (κ3) is 5.08. The number of nitriles is 1. The van der Waals surface area contributed by atoms with Crippen molar-refractivity contribution in [3.8, 4) is 17.5 Å². The van der Waals surface area contributed by atoms with Crippen molar-refractivity contribution in [1.29, 1.82) is 5.26 Å². The van der Waals surface area contributed by atoms with E-state index in [4.69, 9.17) is 0 Å². The molecule has 2 N–H and O–H groups in total. The van der Waals surface area contributed by atoms with Gasteiger partial charge in [0.25, 0.3) is 0 Å². The molecule has 1 aliphatic carbocycles. The normalized spacial score (nSPS) is 15.8. The number of benzene rings is 1. The van der Waals surface area contributed by atoms with Gasteiger partial charge >= 0.3 is 0 Å². The van der Waals surface area contributed by atoms with Crippen LogP contribution in [0.4, 0.5) is 5.00 Å². The third-order valence-electron chi connectivity index (χ3n) is 5.77. The number of anilines is 1. The first kappa shape index (κ1) is 23.0. The molecule has 0 radical (unpaired) electrons. The lowest BCUT2D eigenvalue weighted by Crippen LogP contribution is -2.26. The first-order valence-corrected chi connectivity index (χ1v) is 13.0. The zero-order chi connectivity index (χ0) is 22.9. The van der Waals surface area contributed by atoms with Gasteiger partial charge in [0, 0.05) is 14.9 Å². The first-order valence-electron chi connectivity index (χ1n) is 10.4. The van der Waals surface area contributed by atoms with Crippen molar-refractivity contribution < 1.29 is 4.79 Å². The van der Waals surface area contributed by atoms with Gasteiger partial charge in [-0.15, -0.1) is 16.4 Å². The van der Waals surface area contributed by atoms with Crippen LogP contribution in [0.25, 0.3) is 11.4 Å². The third-order valence-corrected chi connectivity index (χ3v) is 8.32. The number of carbonyl (C=O) groups excluding carboxylic acids is 1. The van der Waals surface area contributed by atoms with Gasteiger partial charge in [-0.1, -0.05) is 60.6 Å². The number of aromatic amines is 1. The van der Waals surface area contributed by atoms with Crippen LogP contribution in [0.15, 0.2) is 33.9 Å². The molecule has 32 heavy (non-hydrogen) atoms. The summed E-state index contributed by atoms with van der Waals surface area (Å²) in [6.07, 6.45) is 2.95. The standard InChI is InChI=1S/C23H24BrN5OS2/c1-23(2,3)14-6-9-16-17(11-25)21(32-18(16)10-14)26-19(30)12-31-22-27-20(28-29-22)13-4-7-15(24)8-5-13/h4-5,7-8,14H,6,9-10,12H2,1-3H3,(H,26,30)(H,27,28,29)/t14-/m0/s1. The molecule has 2 heterocycles. The van der Waals surface area contributed by atoms with Crippen LogP contribution in [0.1, 0.15) is 43.2 Å². The molecule has 1 aromatic carbocycles. The highest BCUT2D eigenvalue weighted by atomic mass is 79.9. The number of nitrogens with one attached hydrogen (secondary N) is 2. The number of halogens is 1. The topological polar surface area (TPSA) is 94.5 Å². The second-order valence-electron chi connectivity index (χ2n) is 8.94. The molecular weight excluding hydrogens is 506 g/mol. The minimum atomic E-state index is -0.160. The number of thiophene rings is 1. The van der Waals surface area contributed by atoms with Gasteiger partial charge in [-0.25, -0.2) is 4.98 Å². The van der Waals surface area contributed by atoms with Gasteiger partial charge in [-0.05, 0) is 48.3 Å². The fraction of sp³-hybridized carbons (Fsp3) is 0.391. The average Bonchev–Trinajstić information content (AvgIpc) is 3.35. The summed E-state index contributed by atoms with van der Waals surface area (Å²) < 4.78 is 0.993. The van der Waals surface area contributed by atoms with E-state index in [2.05, 4.69) is 63.3 Å².